The highest BCUT2D eigenvalue weighted by molar-refractivity contribution is 6.20. The summed E-state index contributed by atoms with van der Waals surface area (Å²) in [5.41, 5.74) is 1.22. The van der Waals surface area contributed by atoms with E-state index in [4.69, 9.17) is 11.6 Å². The van der Waals surface area contributed by atoms with E-state index in [-0.39, 0.29) is 0 Å². The highest BCUT2D eigenvalue weighted by Crippen LogP contribution is 2.32. The average molecular weight is 213 g/mol. The normalized spacial score (nSPS) is 28.7. The van der Waals surface area contributed by atoms with Gasteiger partial charge in [-0.3, -0.25) is 4.68 Å². The van der Waals surface area contributed by atoms with Gasteiger partial charge in [-0.15, -0.1) is 11.6 Å². The van der Waals surface area contributed by atoms with Crippen LogP contribution in [-0.2, 0) is 7.05 Å². The van der Waals surface area contributed by atoms with E-state index >= 15 is 0 Å². The van der Waals surface area contributed by atoms with Crippen LogP contribution in [0.3, 0.4) is 0 Å². The SMILES string of the molecule is Cn1ccc(C2CCCCC(Cl)C2)n1. The van der Waals surface area contributed by atoms with E-state index in [0.717, 1.165) is 6.42 Å². The quantitative estimate of drug-likeness (QED) is 0.517. The van der Waals surface area contributed by atoms with Gasteiger partial charge in [-0.1, -0.05) is 12.8 Å². The molecule has 0 amide bonds. The van der Waals surface area contributed by atoms with Crippen molar-refractivity contribution in [3.05, 3.63) is 18.0 Å². The van der Waals surface area contributed by atoms with Gasteiger partial charge in [0, 0.05) is 24.5 Å². The van der Waals surface area contributed by atoms with Crippen LogP contribution < -0.4 is 0 Å². The van der Waals surface area contributed by atoms with E-state index in [2.05, 4.69) is 11.2 Å². The lowest BCUT2D eigenvalue weighted by Gasteiger charge is -2.12. The van der Waals surface area contributed by atoms with E-state index in [9.17, 15) is 0 Å². The van der Waals surface area contributed by atoms with Crippen LogP contribution in [0.25, 0.3) is 0 Å². The van der Waals surface area contributed by atoms with Crippen molar-refractivity contribution in [1.29, 1.82) is 0 Å². The first-order valence-electron chi connectivity index (χ1n) is 5.39. The third-order valence-corrected chi connectivity index (χ3v) is 3.41. The van der Waals surface area contributed by atoms with Gasteiger partial charge in [-0.05, 0) is 25.3 Å². The molecule has 1 heterocycles. The summed E-state index contributed by atoms with van der Waals surface area (Å²) in [7, 11) is 1.97. The zero-order valence-electron chi connectivity index (χ0n) is 8.62. The predicted octanol–water partition coefficient (Wildman–Crippen LogP) is 3.08. The molecule has 1 aliphatic carbocycles. The molecular weight excluding hydrogens is 196 g/mol. The Bertz CT molecular complexity index is 295. The van der Waals surface area contributed by atoms with Crippen molar-refractivity contribution in [1.82, 2.24) is 9.78 Å². The van der Waals surface area contributed by atoms with Crippen LogP contribution >= 0.6 is 11.6 Å². The minimum absolute atomic E-state index is 0.351. The van der Waals surface area contributed by atoms with Crippen LogP contribution in [0, 0.1) is 0 Å². The number of nitrogens with zero attached hydrogens (tertiary/aromatic N) is 2. The van der Waals surface area contributed by atoms with Gasteiger partial charge in [0.25, 0.3) is 0 Å². The van der Waals surface area contributed by atoms with Crippen molar-refractivity contribution >= 4 is 11.6 Å². The number of aromatic nitrogens is 2. The molecule has 1 aromatic heterocycles. The van der Waals surface area contributed by atoms with Crippen molar-refractivity contribution in [3.8, 4) is 0 Å². The van der Waals surface area contributed by atoms with Crippen molar-refractivity contribution in [3.63, 3.8) is 0 Å². The summed E-state index contributed by atoms with van der Waals surface area (Å²) in [5, 5.41) is 4.82. The van der Waals surface area contributed by atoms with E-state index in [0.29, 0.717) is 11.3 Å². The largest absolute Gasteiger partial charge is 0.276 e. The molecule has 78 valence electrons. The molecule has 0 saturated heterocycles. The van der Waals surface area contributed by atoms with Crippen molar-refractivity contribution in [2.24, 2.45) is 7.05 Å². The van der Waals surface area contributed by atoms with Gasteiger partial charge >= 0.3 is 0 Å². The minimum Gasteiger partial charge on any atom is -0.276 e. The third-order valence-electron chi connectivity index (χ3n) is 3.01. The van der Waals surface area contributed by atoms with Crippen LogP contribution in [0.4, 0.5) is 0 Å². The molecule has 1 saturated carbocycles. The number of hydrogen-bond acceptors (Lipinski definition) is 1. The Kier molecular flexibility index (Phi) is 3.12. The Hall–Kier alpha value is -0.500. The lowest BCUT2D eigenvalue weighted by Crippen LogP contribution is -2.05. The predicted molar refractivity (Wildman–Crippen MR) is 58.7 cm³/mol. The number of rotatable bonds is 1. The molecular formula is C11H17ClN2. The van der Waals surface area contributed by atoms with Gasteiger partial charge in [0.05, 0.1) is 5.69 Å². The molecule has 0 bridgehead atoms. The van der Waals surface area contributed by atoms with Crippen LogP contribution in [0.5, 0.6) is 0 Å². The first kappa shape index (κ1) is 10.0. The number of alkyl halides is 1. The summed E-state index contributed by atoms with van der Waals surface area (Å²) >= 11 is 6.24. The van der Waals surface area contributed by atoms with Gasteiger partial charge in [0.1, 0.15) is 0 Å². The number of halogens is 1. The van der Waals surface area contributed by atoms with Gasteiger partial charge in [0.15, 0.2) is 0 Å². The summed E-state index contributed by atoms with van der Waals surface area (Å²) < 4.78 is 1.88. The Balaban J connectivity index is 2.08. The molecule has 2 nitrogen and oxygen atoms in total. The Labute approximate surface area is 90.3 Å². The highest BCUT2D eigenvalue weighted by Gasteiger charge is 2.21. The zero-order chi connectivity index (χ0) is 9.97. The summed E-state index contributed by atoms with van der Waals surface area (Å²) in [4.78, 5) is 0. The van der Waals surface area contributed by atoms with Gasteiger partial charge < -0.3 is 0 Å². The maximum atomic E-state index is 6.24. The van der Waals surface area contributed by atoms with Crippen LogP contribution in [-0.4, -0.2) is 15.2 Å². The molecule has 0 spiro atoms. The topological polar surface area (TPSA) is 17.8 Å². The molecule has 1 aromatic rings. The minimum atomic E-state index is 0.351. The van der Waals surface area contributed by atoms with Crippen molar-refractivity contribution < 1.29 is 0 Å². The van der Waals surface area contributed by atoms with Crippen LogP contribution in [0.15, 0.2) is 12.3 Å². The van der Waals surface area contributed by atoms with Gasteiger partial charge in [-0.2, -0.15) is 5.10 Å². The molecule has 2 atom stereocenters. The van der Waals surface area contributed by atoms with E-state index in [1.165, 1.54) is 31.4 Å². The molecule has 0 aliphatic heterocycles. The molecule has 3 heteroatoms. The Morgan fingerprint density at radius 2 is 2.21 bits per heavy atom. The summed E-state index contributed by atoms with van der Waals surface area (Å²) in [6.45, 7) is 0. The zero-order valence-corrected chi connectivity index (χ0v) is 9.37. The fourth-order valence-corrected chi connectivity index (χ4v) is 2.59. The molecule has 0 N–H and O–H groups in total. The fourth-order valence-electron chi connectivity index (χ4n) is 2.22. The molecule has 14 heavy (non-hydrogen) atoms. The van der Waals surface area contributed by atoms with E-state index in [1.54, 1.807) is 0 Å². The van der Waals surface area contributed by atoms with Gasteiger partial charge in [0.2, 0.25) is 0 Å². The molecule has 2 unspecified atom stereocenters. The van der Waals surface area contributed by atoms with Crippen LogP contribution in [0.1, 0.15) is 43.7 Å². The Morgan fingerprint density at radius 3 is 2.93 bits per heavy atom. The van der Waals surface area contributed by atoms with Crippen molar-refractivity contribution in [2.45, 2.75) is 43.4 Å². The molecule has 2 rings (SSSR count). The molecule has 1 aliphatic rings. The average Bonchev–Trinajstić information content (AvgIpc) is 2.45. The standard InChI is InChI=1S/C11H17ClN2/c1-14-7-6-11(13-14)9-4-2-3-5-10(12)8-9/h6-7,9-10H,2-5,8H2,1H3. The van der Waals surface area contributed by atoms with Crippen LogP contribution in [0.2, 0.25) is 0 Å². The summed E-state index contributed by atoms with van der Waals surface area (Å²) in [6, 6.07) is 2.12. The Morgan fingerprint density at radius 1 is 1.43 bits per heavy atom. The lowest BCUT2D eigenvalue weighted by molar-refractivity contribution is 0.568. The highest BCUT2D eigenvalue weighted by atomic mass is 35.5. The molecule has 0 radical (unpaired) electrons. The second-order valence-corrected chi connectivity index (χ2v) is 4.85. The van der Waals surface area contributed by atoms with Gasteiger partial charge in [-0.25, -0.2) is 0 Å². The molecule has 0 aromatic carbocycles. The second-order valence-electron chi connectivity index (χ2n) is 4.23. The smallest absolute Gasteiger partial charge is 0.0655 e. The summed E-state index contributed by atoms with van der Waals surface area (Å²) in [6.07, 6.45) is 8.11. The first-order valence-corrected chi connectivity index (χ1v) is 5.83. The summed E-state index contributed by atoms with van der Waals surface area (Å²) in [5.74, 6) is 0.584. The maximum absolute atomic E-state index is 6.24. The first-order chi connectivity index (χ1) is 6.75. The molecule has 1 fully saturated rings. The number of hydrogen-bond donors (Lipinski definition) is 0. The monoisotopic (exact) mass is 212 g/mol. The lowest BCUT2D eigenvalue weighted by atomic mass is 9.97. The van der Waals surface area contributed by atoms with E-state index in [1.807, 2.05) is 17.9 Å². The maximum Gasteiger partial charge on any atom is 0.0655 e. The fraction of sp³-hybridized carbons (Fsp3) is 0.727. The third kappa shape index (κ3) is 2.30. The van der Waals surface area contributed by atoms with Crippen molar-refractivity contribution in [2.75, 3.05) is 0 Å². The second kappa shape index (κ2) is 4.35. The van der Waals surface area contributed by atoms with E-state index < -0.39 is 0 Å². The number of aryl methyl sites for hydroxylation is 1.